The first-order valence-electron chi connectivity index (χ1n) is 7.70. The van der Waals surface area contributed by atoms with Crippen molar-refractivity contribution in [3.63, 3.8) is 0 Å². The molecule has 2 aliphatic rings. The molecule has 0 saturated carbocycles. The van der Waals surface area contributed by atoms with Gasteiger partial charge in [0.1, 0.15) is 5.50 Å². The number of ether oxygens (including phenoxy) is 1. The zero-order chi connectivity index (χ0) is 16.4. The van der Waals surface area contributed by atoms with Gasteiger partial charge >= 0.3 is 5.97 Å². The van der Waals surface area contributed by atoms with E-state index in [2.05, 4.69) is 5.32 Å². The molecule has 1 N–H and O–H groups in total. The van der Waals surface area contributed by atoms with Crippen molar-refractivity contribution in [2.45, 2.75) is 25.4 Å². The highest BCUT2D eigenvalue weighted by atomic mass is 32.2. The fourth-order valence-corrected chi connectivity index (χ4v) is 4.13. The minimum absolute atomic E-state index is 0.00363. The van der Waals surface area contributed by atoms with E-state index >= 15 is 0 Å². The van der Waals surface area contributed by atoms with Crippen LogP contribution in [0.4, 0.5) is 0 Å². The van der Waals surface area contributed by atoms with Crippen molar-refractivity contribution in [3.05, 3.63) is 47.2 Å². The summed E-state index contributed by atoms with van der Waals surface area (Å²) in [5, 5.41) is 3.34. The number of carbonyl (C=O) groups is 2. The van der Waals surface area contributed by atoms with E-state index in [1.165, 1.54) is 0 Å². The van der Waals surface area contributed by atoms with Crippen LogP contribution in [0.5, 0.6) is 0 Å². The zero-order valence-electron chi connectivity index (χ0n) is 13.2. The van der Waals surface area contributed by atoms with E-state index in [0.29, 0.717) is 24.5 Å². The van der Waals surface area contributed by atoms with E-state index < -0.39 is 0 Å². The lowest BCUT2D eigenvalue weighted by atomic mass is 9.93. The molecule has 2 atom stereocenters. The van der Waals surface area contributed by atoms with Gasteiger partial charge in [-0.05, 0) is 19.4 Å². The summed E-state index contributed by atoms with van der Waals surface area (Å²) in [5.74, 6) is 0.349. The van der Waals surface area contributed by atoms with Gasteiger partial charge in [0, 0.05) is 5.70 Å². The van der Waals surface area contributed by atoms with Gasteiger partial charge in [0.15, 0.2) is 5.78 Å². The van der Waals surface area contributed by atoms with Crippen LogP contribution in [0.1, 0.15) is 25.5 Å². The maximum Gasteiger partial charge on any atom is 0.337 e. The Bertz CT molecular complexity index is 644. The van der Waals surface area contributed by atoms with Crippen LogP contribution in [0.3, 0.4) is 0 Å². The van der Waals surface area contributed by atoms with Crippen LogP contribution in [0.25, 0.3) is 0 Å². The Balaban J connectivity index is 2.06. The lowest BCUT2D eigenvalue weighted by Gasteiger charge is -2.45. The topological polar surface area (TPSA) is 58.6 Å². The number of thioether (sulfide) groups is 1. The second kappa shape index (κ2) is 6.76. The number of benzene rings is 1. The maximum atomic E-state index is 12.5. The van der Waals surface area contributed by atoms with E-state index in [1.54, 1.807) is 18.7 Å². The second-order valence-corrected chi connectivity index (χ2v) is 6.66. The summed E-state index contributed by atoms with van der Waals surface area (Å²) >= 11 is 1.56. The Hall–Kier alpha value is -1.79. The molecule has 1 fully saturated rings. The van der Waals surface area contributed by atoms with Crippen LogP contribution in [0.2, 0.25) is 0 Å². The lowest BCUT2D eigenvalue weighted by molar-refractivity contribution is -0.140. The Kier molecular flexibility index (Phi) is 4.73. The van der Waals surface area contributed by atoms with E-state index in [0.717, 1.165) is 11.3 Å². The van der Waals surface area contributed by atoms with E-state index in [9.17, 15) is 9.59 Å². The fraction of sp³-hybridized carbons (Fsp3) is 0.412. The van der Waals surface area contributed by atoms with Crippen LogP contribution in [-0.2, 0) is 14.3 Å². The molecule has 1 aromatic rings. The van der Waals surface area contributed by atoms with E-state index in [1.807, 2.05) is 42.2 Å². The van der Waals surface area contributed by atoms with Gasteiger partial charge in [-0.2, -0.15) is 0 Å². The predicted molar refractivity (Wildman–Crippen MR) is 89.6 cm³/mol. The fourth-order valence-electron chi connectivity index (χ4n) is 3.05. The lowest BCUT2D eigenvalue weighted by Crippen LogP contribution is -2.55. The minimum atomic E-state index is -0.326. The summed E-state index contributed by atoms with van der Waals surface area (Å²) in [6.07, 6.45) is 0. The molecule has 0 aliphatic carbocycles. The molecule has 122 valence electrons. The van der Waals surface area contributed by atoms with Crippen molar-refractivity contribution in [2.75, 3.05) is 18.9 Å². The van der Waals surface area contributed by atoms with Crippen molar-refractivity contribution in [2.24, 2.45) is 0 Å². The normalized spacial score (nSPS) is 24.9. The van der Waals surface area contributed by atoms with Gasteiger partial charge in [0.25, 0.3) is 0 Å². The van der Waals surface area contributed by atoms with Gasteiger partial charge in [-0.15, -0.1) is 11.8 Å². The Morgan fingerprint density at radius 1 is 1.39 bits per heavy atom. The molecule has 2 aliphatic heterocycles. The second-order valence-electron chi connectivity index (χ2n) is 5.59. The molecular weight excluding hydrogens is 312 g/mol. The summed E-state index contributed by atoms with van der Waals surface area (Å²) in [7, 11) is 0. The number of carbonyl (C=O) groups excluding carboxylic acids is 2. The molecule has 2 heterocycles. The van der Waals surface area contributed by atoms with Crippen molar-refractivity contribution >= 4 is 23.5 Å². The van der Waals surface area contributed by atoms with Gasteiger partial charge in [-0.25, -0.2) is 4.79 Å². The molecule has 2 unspecified atom stereocenters. The highest BCUT2D eigenvalue weighted by molar-refractivity contribution is 8.00. The van der Waals surface area contributed by atoms with Crippen molar-refractivity contribution in [1.82, 2.24) is 10.2 Å². The van der Waals surface area contributed by atoms with Crippen LogP contribution in [0, 0.1) is 0 Å². The smallest absolute Gasteiger partial charge is 0.337 e. The monoisotopic (exact) mass is 332 g/mol. The number of esters is 1. The summed E-state index contributed by atoms with van der Waals surface area (Å²) in [4.78, 5) is 26.5. The highest BCUT2D eigenvalue weighted by Gasteiger charge is 2.42. The van der Waals surface area contributed by atoms with Crippen molar-refractivity contribution in [1.29, 1.82) is 0 Å². The zero-order valence-corrected chi connectivity index (χ0v) is 14.1. The average Bonchev–Trinajstić information content (AvgIpc) is 2.55. The first kappa shape index (κ1) is 16.1. The standard InChI is InChI=1S/C17H20N2O3S/c1-3-22-16(21)14-11(2)18-17-19(9-13(20)10-23-17)15(14)12-7-5-4-6-8-12/h4-8,15,17-18H,3,9-10H2,1-2H3. The number of ketones is 1. The van der Waals surface area contributed by atoms with E-state index in [4.69, 9.17) is 4.74 Å². The number of nitrogens with zero attached hydrogens (tertiary/aromatic N) is 1. The molecule has 0 bridgehead atoms. The third-order valence-electron chi connectivity index (χ3n) is 4.02. The van der Waals surface area contributed by atoms with Gasteiger partial charge < -0.3 is 10.1 Å². The Morgan fingerprint density at radius 3 is 2.83 bits per heavy atom. The molecule has 23 heavy (non-hydrogen) atoms. The number of fused-ring (bicyclic) bond motifs is 1. The molecule has 0 aromatic heterocycles. The van der Waals surface area contributed by atoms with E-state index in [-0.39, 0.29) is 23.3 Å². The molecule has 6 heteroatoms. The number of nitrogens with one attached hydrogen (secondary N) is 1. The number of rotatable bonds is 3. The number of hydrogen-bond donors (Lipinski definition) is 1. The molecule has 5 nitrogen and oxygen atoms in total. The molecule has 3 rings (SSSR count). The van der Waals surface area contributed by atoms with Gasteiger partial charge in [-0.1, -0.05) is 30.3 Å². The summed E-state index contributed by atoms with van der Waals surface area (Å²) in [5.41, 5.74) is 2.40. The number of allylic oxidation sites excluding steroid dienone is 1. The van der Waals surface area contributed by atoms with Crippen LogP contribution >= 0.6 is 11.8 Å². The Morgan fingerprint density at radius 2 is 2.13 bits per heavy atom. The summed E-state index contributed by atoms with van der Waals surface area (Å²) in [6.45, 7) is 4.36. The van der Waals surface area contributed by atoms with Crippen molar-refractivity contribution in [3.8, 4) is 0 Å². The minimum Gasteiger partial charge on any atom is -0.463 e. The summed E-state index contributed by atoms with van der Waals surface area (Å²) < 4.78 is 5.25. The van der Waals surface area contributed by atoms with Gasteiger partial charge in [-0.3, -0.25) is 9.69 Å². The quantitative estimate of drug-likeness (QED) is 0.855. The molecule has 1 aromatic carbocycles. The van der Waals surface area contributed by atoms with Gasteiger partial charge in [0.2, 0.25) is 0 Å². The maximum absolute atomic E-state index is 12.5. The molecule has 1 saturated heterocycles. The first-order valence-corrected chi connectivity index (χ1v) is 8.75. The van der Waals surface area contributed by atoms with Crippen molar-refractivity contribution < 1.29 is 14.3 Å². The number of hydrogen-bond acceptors (Lipinski definition) is 6. The highest BCUT2D eigenvalue weighted by Crippen LogP contribution is 2.39. The summed E-state index contributed by atoms with van der Waals surface area (Å²) in [6, 6.07) is 9.55. The first-order chi connectivity index (χ1) is 11.1. The Labute approximate surface area is 140 Å². The third kappa shape index (κ3) is 3.14. The molecule has 0 spiro atoms. The SMILES string of the molecule is CCOC(=O)C1=C(C)NC2SCC(=O)CN2C1c1ccccc1. The molecule has 0 amide bonds. The third-order valence-corrected chi connectivity index (χ3v) is 5.22. The van der Waals surface area contributed by atoms with Crippen LogP contribution < -0.4 is 5.32 Å². The number of Topliss-reactive ketones (excluding diaryl/α,β-unsaturated/α-hetero) is 1. The molecular formula is C17H20N2O3S. The largest absolute Gasteiger partial charge is 0.463 e. The average molecular weight is 332 g/mol. The van der Waals surface area contributed by atoms with Gasteiger partial charge in [0.05, 0.1) is 30.5 Å². The van der Waals surface area contributed by atoms with Crippen LogP contribution in [-0.4, -0.2) is 41.1 Å². The molecule has 0 radical (unpaired) electrons. The van der Waals surface area contributed by atoms with Crippen LogP contribution in [0.15, 0.2) is 41.6 Å². The predicted octanol–water partition coefficient (Wildman–Crippen LogP) is 2.07.